The van der Waals surface area contributed by atoms with Gasteiger partial charge in [0, 0.05) is 30.8 Å². The van der Waals surface area contributed by atoms with Crippen molar-refractivity contribution in [3.63, 3.8) is 0 Å². The van der Waals surface area contributed by atoms with Crippen LogP contribution in [-0.2, 0) is 4.79 Å². The molecule has 0 aromatic heterocycles. The number of piperidine rings is 1. The number of carboxylic acid groups (broad SMARTS) is 1. The molecule has 2 fully saturated rings. The molecule has 0 bridgehead atoms. The van der Waals surface area contributed by atoms with Crippen LogP contribution in [0.2, 0.25) is 0 Å². The Morgan fingerprint density at radius 1 is 1.25 bits per heavy atom. The molecule has 20 heavy (non-hydrogen) atoms. The predicted molar refractivity (Wildman–Crippen MR) is 80.1 cm³/mol. The number of hydrogen-bond acceptors (Lipinski definition) is 3. The number of carboxylic acids is 1. The van der Waals surface area contributed by atoms with E-state index in [9.17, 15) is 9.59 Å². The Morgan fingerprint density at radius 2 is 2.10 bits per heavy atom. The van der Waals surface area contributed by atoms with Crippen molar-refractivity contribution in [3.05, 3.63) is 0 Å². The van der Waals surface area contributed by atoms with Crippen LogP contribution in [0.1, 0.15) is 44.9 Å². The Kier molecular flexibility index (Phi) is 6.01. The van der Waals surface area contributed by atoms with Crippen LogP contribution in [0.5, 0.6) is 0 Å². The summed E-state index contributed by atoms with van der Waals surface area (Å²) in [5.74, 6) is 0.421. The number of nitrogens with one attached hydrogen (secondary N) is 1. The van der Waals surface area contributed by atoms with Gasteiger partial charge in [-0.25, -0.2) is 4.79 Å². The van der Waals surface area contributed by atoms with Gasteiger partial charge in [-0.3, -0.25) is 4.79 Å². The lowest BCUT2D eigenvalue weighted by molar-refractivity contribution is -0.137. The van der Waals surface area contributed by atoms with Gasteiger partial charge in [-0.2, -0.15) is 11.8 Å². The van der Waals surface area contributed by atoms with Gasteiger partial charge in [0.05, 0.1) is 0 Å². The highest BCUT2D eigenvalue weighted by Crippen LogP contribution is 2.25. The summed E-state index contributed by atoms with van der Waals surface area (Å²) in [6, 6.07) is 0.0867. The molecule has 2 aliphatic rings. The van der Waals surface area contributed by atoms with Crippen molar-refractivity contribution in [2.75, 3.05) is 18.8 Å². The third-order valence-corrected chi connectivity index (χ3v) is 5.48. The number of nitrogens with zero attached hydrogens (tertiary/aromatic N) is 1. The number of thioether (sulfide) groups is 1. The van der Waals surface area contributed by atoms with Crippen molar-refractivity contribution in [1.82, 2.24) is 10.2 Å². The maximum Gasteiger partial charge on any atom is 0.317 e. The minimum Gasteiger partial charge on any atom is -0.481 e. The van der Waals surface area contributed by atoms with Gasteiger partial charge in [-0.05, 0) is 44.3 Å². The van der Waals surface area contributed by atoms with Crippen LogP contribution in [0, 0.1) is 0 Å². The zero-order chi connectivity index (χ0) is 14.4. The van der Waals surface area contributed by atoms with Gasteiger partial charge < -0.3 is 15.3 Å². The molecule has 2 unspecified atom stereocenters. The molecule has 0 spiro atoms. The minimum absolute atomic E-state index is 0.00686. The smallest absolute Gasteiger partial charge is 0.317 e. The van der Waals surface area contributed by atoms with Gasteiger partial charge >= 0.3 is 12.0 Å². The zero-order valence-electron chi connectivity index (χ0n) is 11.8. The molecule has 2 saturated heterocycles. The van der Waals surface area contributed by atoms with Crippen molar-refractivity contribution in [3.8, 4) is 0 Å². The number of hydrogen-bond donors (Lipinski definition) is 2. The summed E-state index contributed by atoms with van der Waals surface area (Å²) in [6.45, 7) is 1.50. The lowest BCUT2D eigenvalue weighted by Gasteiger charge is -2.35. The Morgan fingerprint density at radius 3 is 2.80 bits per heavy atom. The number of rotatable bonds is 5. The van der Waals surface area contributed by atoms with E-state index in [4.69, 9.17) is 5.11 Å². The summed E-state index contributed by atoms with van der Waals surface area (Å²) >= 11 is 1.94. The van der Waals surface area contributed by atoms with Crippen molar-refractivity contribution in [2.24, 2.45) is 0 Å². The topological polar surface area (TPSA) is 69.6 Å². The lowest BCUT2D eigenvalue weighted by Crippen LogP contribution is -2.49. The number of urea groups is 1. The average Bonchev–Trinajstić information content (AvgIpc) is 2.96. The lowest BCUT2D eigenvalue weighted by atomic mass is 9.98. The monoisotopic (exact) mass is 300 g/mol. The fourth-order valence-electron chi connectivity index (χ4n) is 2.97. The Bertz CT molecular complexity index is 345. The fraction of sp³-hybridized carbons (Fsp3) is 0.857. The van der Waals surface area contributed by atoms with Gasteiger partial charge in [0.15, 0.2) is 0 Å². The van der Waals surface area contributed by atoms with Gasteiger partial charge in [-0.1, -0.05) is 0 Å². The third-order valence-electron chi connectivity index (χ3n) is 4.08. The highest BCUT2D eigenvalue weighted by molar-refractivity contribution is 8.00. The number of aliphatic carboxylic acids is 1. The molecule has 2 rings (SSSR count). The molecule has 2 N–H and O–H groups in total. The second kappa shape index (κ2) is 7.76. The van der Waals surface area contributed by atoms with Crippen LogP contribution in [0.25, 0.3) is 0 Å². The molecule has 2 amide bonds. The largest absolute Gasteiger partial charge is 0.481 e. The first-order valence-corrected chi connectivity index (χ1v) is 8.59. The Labute approximate surface area is 124 Å². The molecule has 0 aromatic rings. The van der Waals surface area contributed by atoms with E-state index in [1.54, 1.807) is 0 Å². The fourth-order valence-corrected chi connectivity index (χ4v) is 4.17. The maximum atomic E-state index is 12.3. The van der Waals surface area contributed by atoms with Crippen molar-refractivity contribution in [1.29, 1.82) is 0 Å². The third kappa shape index (κ3) is 4.58. The average molecular weight is 300 g/mol. The second-order valence-corrected chi connectivity index (χ2v) is 7.00. The normalized spacial score (nSPS) is 26.5. The molecule has 2 heterocycles. The van der Waals surface area contributed by atoms with Crippen LogP contribution in [0.4, 0.5) is 4.79 Å². The van der Waals surface area contributed by atoms with E-state index >= 15 is 0 Å². The molecule has 6 heteroatoms. The summed E-state index contributed by atoms with van der Waals surface area (Å²) in [7, 11) is 0. The molecule has 2 atom stereocenters. The first kappa shape index (κ1) is 15.5. The Hall–Kier alpha value is -0.910. The van der Waals surface area contributed by atoms with E-state index in [2.05, 4.69) is 5.32 Å². The molecule has 0 radical (unpaired) electrons. The van der Waals surface area contributed by atoms with E-state index < -0.39 is 5.97 Å². The van der Waals surface area contributed by atoms with Gasteiger partial charge in [0.2, 0.25) is 0 Å². The van der Waals surface area contributed by atoms with Crippen LogP contribution in [0.15, 0.2) is 0 Å². The van der Waals surface area contributed by atoms with Crippen LogP contribution >= 0.6 is 11.8 Å². The SMILES string of the molecule is O=C(O)CCC1CCCCN1C(=O)NCC1CCCS1. The van der Waals surface area contributed by atoms with Crippen molar-refractivity contribution in [2.45, 2.75) is 56.2 Å². The van der Waals surface area contributed by atoms with E-state index in [-0.39, 0.29) is 18.5 Å². The molecule has 114 valence electrons. The number of amides is 2. The molecule has 5 nitrogen and oxygen atoms in total. The van der Waals surface area contributed by atoms with Crippen LogP contribution in [0.3, 0.4) is 0 Å². The molecule has 0 saturated carbocycles. The van der Waals surface area contributed by atoms with Crippen molar-refractivity contribution < 1.29 is 14.7 Å². The van der Waals surface area contributed by atoms with Crippen LogP contribution in [-0.4, -0.2) is 52.1 Å². The van der Waals surface area contributed by atoms with Crippen LogP contribution < -0.4 is 5.32 Å². The number of carbonyl (C=O) groups is 2. The predicted octanol–water partition coefficient (Wildman–Crippen LogP) is 2.31. The standard InChI is InChI=1S/C14H24N2O3S/c17-13(18)7-6-11-4-1-2-8-16(11)14(19)15-10-12-5-3-9-20-12/h11-12H,1-10H2,(H,15,19)(H,17,18). The molecule has 0 aromatic carbocycles. The summed E-state index contributed by atoms with van der Waals surface area (Å²) in [4.78, 5) is 24.8. The highest BCUT2D eigenvalue weighted by Gasteiger charge is 2.27. The first-order valence-electron chi connectivity index (χ1n) is 7.54. The van der Waals surface area contributed by atoms with Gasteiger partial charge in [0.1, 0.15) is 0 Å². The summed E-state index contributed by atoms with van der Waals surface area (Å²) < 4.78 is 0. The summed E-state index contributed by atoms with van der Waals surface area (Å²) in [5, 5.41) is 12.4. The molecular formula is C14H24N2O3S. The van der Waals surface area contributed by atoms with Gasteiger partial charge in [0.25, 0.3) is 0 Å². The van der Waals surface area contributed by atoms with Crippen molar-refractivity contribution >= 4 is 23.8 Å². The quantitative estimate of drug-likeness (QED) is 0.817. The summed E-state index contributed by atoms with van der Waals surface area (Å²) in [5.41, 5.74) is 0. The first-order chi connectivity index (χ1) is 9.66. The molecule has 2 aliphatic heterocycles. The van der Waals surface area contributed by atoms with E-state index in [0.29, 0.717) is 11.7 Å². The Balaban J connectivity index is 1.79. The van der Waals surface area contributed by atoms with Gasteiger partial charge in [-0.15, -0.1) is 0 Å². The minimum atomic E-state index is -0.779. The van der Waals surface area contributed by atoms with E-state index in [1.165, 1.54) is 18.6 Å². The zero-order valence-corrected chi connectivity index (χ0v) is 12.7. The molecule has 0 aliphatic carbocycles. The number of likely N-dealkylation sites (tertiary alicyclic amines) is 1. The van der Waals surface area contributed by atoms with E-state index in [0.717, 1.165) is 32.4 Å². The maximum absolute atomic E-state index is 12.3. The second-order valence-electron chi connectivity index (χ2n) is 5.60. The summed E-state index contributed by atoms with van der Waals surface area (Å²) in [6.07, 6.45) is 6.19. The molecular weight excluding hydrogens is 276 g/mol. The highest BCUT2D eigenvalue weighted by atomic mass is 32.2. The van der Waals surface area contributed by atoms with E-state index in [1.807, 2.05) is 16.7 Å². The number of carbonyl (C=O) groups excluding carboxylic acids is 1.